The molecule has 4 heteroatoms. The maximum absolute atomic E-state index is 13.9. The molecule has 0 unspecified atom stereocenters. The first-order valence-corrected chi connectivity index (χ1v) is 8.40. The van der Waals surface area contributed by atoms with Crippen molar-refractivity contribution in [3.63, 3.8) is 0 Å². The molecule has 1 fully saturated rings. The molecular formula is C20H23FN2O. The summed E-state index contributed by atoms with van der Waals surface area (Å²) in [6, 6.07) is 10.5. The van der Waals surface area contributed by atoms with Gasteiger partial charge in [-0.2, -0.15) is 0 Å². The van der Waals surface area contributed by atoms with Crippen molar-refractivity contribution >= 4 is 12.0 Å². The minimum Gasteiger partial charge on any atom is -0.454 e. The van der Waals surface area contributed by atoms with Gasteiger partial charge in [-0.05, 0) is 68.0 Å². The number of benzene rings is 2. The minimum atomic E-state index is -0.350. The van der Waals surface area contributed by atoms with E-state index in [1.165, 1.54) is 24.5 Å². The molecule has 1 aliphatic carbocycles. The Morgan fingerprint density at radius 3 is 2.67 bits per heavy atom. The molecule has 0 aliphatic heterocycles. The lowest BCUT2D eigenvalue weighted by atomic mass is 10.0. The molecule has 1 aliphatic rings. The van der Waals surface area contributed by atoms with E-state index in [1.54, 1.807) is 18.2 Å². The van der Waals surface area contributed by atoms with Gasteiger partial charge >= 0.3 is 0 Å². The number of aryl methyl sites for hydroxylation is 1. The minimum absolute atomic E-state index is 0.254. The summed E-state index contributed by atoms with van der Waals surface area (Å²) in [7, 11) is 2.00. The van der Waals surface area contributed by atoms with Crippen molar-refractivity contribution in [2.75, 3.05) is 13.6 Å². The molecule has 0 spiro atoms. The third-order valence-corrected chi connectivity index (χ3v) is 4.29. The molecule has 3 rings (SSSR count). The molecule has 0 aromatic heterocycles. The predicted molar refractivity (Wildman–Crippen MR) is 96.1 cm³/mol. The van der Waals surface area contributed by atoms with Gasteiger partial charge in [0.2, 0.25) is 0 Å². The van der Waals surface area contributed by atoms with Crippen LogP contribution in [0.2, 0.25) is 0 Å². The van der Waals surface area contributed by atoms with E-state index in [1.807, 2.05) is 37.3 Å². The number of ether oxygens (including phenoxy) is 1. The summed E-state index contributed by atoms with van der Waals surface area (Å²) < 4.78 is 19.7. The van der Waals surface area contributed by atoms with Crippen LogP contribution in [0.25, 0.3) is 0 Å². The van der Waals surface area contributed by atoms with Crippen LogP contribution >= 0.6 is 0 Å². The lowest BCUT2D eigenvalue weighted by Crippen LogP contribution is -2.14. The standard InChI is InChI=1S/C20H23FN2O/c1-4-23(3)13-22-18-11-14(2)20(12-16(18)15-9-10-15)24-19-8-6-5-7-17(19)21/h5-8,11-13,15H,4,9-10H2,1-3H3. The third kappa shape index (κ3) is 3.75. The summed E-state index contributed by atoms with van der Waals surface area (Å²) in [5.41, 5.74) is 3.12. The summed E-state index contributed by atoms with van der Waals surface area (Å²) in [4.78, 5) is 6.67. The van der Waals surface area contributed by atoms with Crippen molar-refractivity contribution in [3.8, 4) is 11.5 Å². The summed E-state index contributed by atoms with van der Waals surface area (Å²) in [6.45, 7) is 4.97. The summed E-state index contributed by atoms with van der Waals surface area (Å²) in [5.74, 6) is 1.14. The molecule has 2 aromatic carbocycles. The quantitative estimate of drug-likeness (QED) is 0.523. The average Bonchev–Trinajstić information content (AvgIpc) is 3.41. The van der Waals surface area contributed by atoms with Gasteiger partial charge < -0.3 is 9.64 Å². The summed E-state index contributed by atoms with van der Waals surface area (Å²) in [5, 5.41) is 0. The van der Waals surface area contributed by atoms with Crippen molar-refractivity contribution < 1.29 is 9.13 Å². The average molecular weight is 326 g/mol. The summed E-state index contributed by atoms with van der Waals surface area (Å²) >= 11 is 0. The number of para-hydroxylation sites is 1. The van der Waals surface area contributed by atoms with E-state index in [0.29, 0.717) is 11.7 Å². The lowest BCUT2D eigenvalue weighted by Gasteiger charge is -2.14. The van der Waals surface area contributed by atoms with Crippen molar-refractivity contribution in [1.29, 1.82) is 0 Å². The molecule has 0 radical (unpaired) electrons. The second kappa shape index (κ2) is 7.04. The Hall–Kier alpha value is -2.36. The highest BCUT2D eigenvalue weighted by Gasteiger charge is 2.27. The fraction of sp³-hybridized carbons (Fsp3) is 0.350. The Bertz CT molecular complexity index is 753. The largest absolute Gasteiger partial charge is 0.454 e. The topological polar surface area (TPSA) is 24.8 Å². The van der Waals surface area contributed by atoms with Crippen molar-refractivity contribution in [2.24, 2.45) is 4.99 Å². The van der Waals surface area contributed by atoms with Crippen LogP contribution in [0.1, 0.15) is 36.8 Å². The summed E-state index contributed by atoms with van der Waals surface area (Å²) in [6.07, 6.45) is 4.21. The van der Waals surface area contributed by atoms with Gasteiger partial charge in [-0.1, -0.05) is 12.1 Å². The first-order chi connectivity index (χ1) is 11.6. The predicted octanol–water partition coefficient (Wildman–Crippen LogP) is 5.42. The molecule has 2 aromatic rings. The van der Waals surface area contributed by atoms with E-state index in [9.17, 15) is 4.39 Å². The number of nitrogens with zero attached hydrogens (tertiary/aromatic N) is 2. The Kier molecular flexibility index (Phi) is 4.84. The van der Waals surface area contributed by atoms with Gasteiger partial charge in [-0.15, -0.1) is 0 Å². The zero-order chi connectivity index (χ0) is 17.1. The second-order valence-electron chi connectivity index (χ2n) is 6.30. The Balaban J connectivity index is 1.93. The number of hydrogen-bond acceptors (Lipinski definition) is 2. The number of hydrogen-bond donors (Lipinski definition) is 0. The number of halogens is 1. The maximum atomic E-state index is 13.9. The smallest absolute Gasteiger partial charge is 0.165 e. The molecule has 126 valence electrons. The van der Waals surface area contributed by atoms with Crippen LogP contribution in [-0.4, -0.2) is 24.8 Å². The van der Waals surface area contributed by atoms with E-state index in [0.717, 1.165) is 17.8 Å². The first-order valence-electron chi connectivity index (χ1n) is 8.40. The van der Waals surface area contributed by atoms with Gasteiger partial charge in [0.1, 0.15) is 5.75 Å². The van der Waals surface area contributed by atoms with Crippen LogP contribution in [0, 0.1) is 12.7 Å². The molecule has 0 bridgehead atoms. The monoisotopic (exact) mass is 326 g/mol. The maximum Gasteiger partial charge on any atom is 0.165 e. The fourth-order valence-corrected chi connectivity index (χ4v) is 2.52. The first kappa shape index (κ1) is 16.5. The Morgan fingerprint density at radius 1 is 1.25 bits per heavy atom. The van der Waals surface area contributed by atoms with E-state index in [2.05, 4.69) is 11.9 Å². The van der Waals surface area contributed by atoms with Gasteiger partial charge in [-0.25, -0.2) is 9.38 Å². The van der Waals surface area contributed by atoms with Gasteiger partial charge in [0.05, 0.1) is 12.0 Å². The zero-order valence-electron chi connectivity index (χ0n) is 14.4. The fourth-order valence-electron chi connectivity index (χ4n) is 2.52. The van der Waals surface area contributed by atoms with Crippen molar-refractivity contribution in [2.45, 2.75) is 32.6 Å². The molecular weight excluding hydrogens is 303 g/mol. The zero-order valence-corrected chi connectivity index (χ0v) is 14.4. The molecule has 3 nitrogen and oxygen atoms in total. The molecule has 0 saturated heterocycles. The van der Waals surface area contributed by atoms with Crippen LogP contribution in [0.4, 0.5) is 10.1 Å². The van der Waals surface area contributed by atoms with Gasteiger partial charge in [0, 0.05) is 13.6 Å². The van der Waals surface area contributed by atoms with Gasteiger partial charge in [-0.3, -0.25) is 0 Å². The molecule has 0 heterocycles. The second-order valence-corrected chi connectivity index (χ2v) is 6.30. The van der Waals surface area contributed by atoms with Crippen LogP contribution < -0.4 is 4.74 Å². The van der Waals surface area contributed by atoms with Gasteiger partial charge in [0.15, 0.2) is 11.6 Å². The lowest BCUT2D eigenvalue weighted by molar-refractivity contribution is 0.439. The number of rotatable bonds is 6. The molecule has 0 amide bonds. The van der Waals surface area contributed by atoms with Crippen molar-refractivity contribution in [1.82, 2.24) is 4.90 Å². The van der Waals surface area contributed by atoms with E-state index >= 15 is 0 Å². The van der Waals surface area contributed by atoms with E-state index < -0.39 is 0 Å². The Labute approximate surface area is 142 Å². The highest BCUT2D eigenvalue weighted by Crippen LogP contribution is 2.46. The van der Waals surface area contributed by atoms with Gasteiger partial charge in [0.25, 0.3) is 0 Å². The van der Waals surface area contributed by atoms with Crippen LogP contribution in [0.5, 0.6) is 11.5 Å². The highest BCUT2D eigenvalue weighted by molar-refractivity contribution is 5.66. The third-order valence-electron chi connectivity index (χ3n) is 4.29. The highest BCUT2D eigenvalue weighted by atomic mass is 19.1. The molecule has 24 heavy (non-hydrogen) atoms. The molecule has 1 saturated carbocycles. The molecule has 0 N–H and O–H groups in total. The van der Waals surface area contributed by atoms with Crippen LogP contribution in [-0.2, 0) is 0 Å². The molecule has 0 atom stereocenters. The van der Waals surface area contributed by atoms with E-state index in [-0.39, 0.29) is 11.6 Å². The SMILES string of the molecule is CCN(C)C=Nc1cc(C)c(Oc2ccccc2F)cc1C1CC1. The Morgan fingerprint density at radius 2 is 2.00 bits per heavy atom. The van der Waals surface area contributed by atoms with Crippen LogP contribution in [0.3, 0.4) is 0 Å². The normalized spacial score (nSPS) is 14.2. The van der Waals surface area contributed by atoms with Crippen molar-refractivity contribution in [3.05, 3.63) is 53.3 Å². The number of aliphatic imine (C=N–C) groups is 1. The van der Waals surface area contributed by atoms with E-state index in [4.69, 9.17) is 4.74 Å². The van der Waals surface area contributed by atoms with Crippen LogP contribution in [0.15, 0.2) is 41.4 Å².